The van der Waals surface area contributed by atoms with Crippen LogP contribution in [0.3, 0.4) is 0 Å². The van der Waals surface area contributed by atoms with Crippen molar-refractivity contribution in [2.24, 2.45) is 0 Å². The van der Waals surface area contributed by atoms with Gasteiger partial charge in [0.15, 0.2) is 23.3 Å². The molecule has 0 fully saturated rings. The van der Waals surface area contributed by atoms with Crippen molar-refractivity contribution in [3.05, 3.63) is 46.7 Å². The molecular formula is C12H8F4O4. The Labute approximate surface area is 110 Å². The quantitative estimate of drug-likeness (QED) is 0.132. The zero-order valence-corrected chi connectivity index (χ0v) is 10.0. The molecule has 1 N–H and O–H groups in total. The lowest BCUT2D eigenvalue weighted by atomic mass is 10.0. The predicted molar refractivity (Wildman–Crippen MR) is 57.9 cm³/mol. The van der Waals surface area contributed by atoms with Crippen molar-refractivity contribution in [1.29, 1.82) is 0 Å². The van der Waals surface area contributed by atoms with Gasteiger partial charge in [-0.25, -0.2) is 22.4 Å². The second-order valence-corrected chi connectivity index (χ2v) is 3.47. The number of carboxylic acid groups (broad SMARTS) is 1. The Hall–Kier alpha value is -2.38. The van der Waals surface area contributed by atoms with Crippen LogP contribution in [0, 0.1) is 23.3 Å². The summed E-state index contributed by atoms with van der Waals surface area (Å²) >= 11 is 0. The largest absolute Gasteiger partial charge is 0.500 e. The van der Waals surface area contributed by atoms with Crippen LogP contribution in [0.4, 0.5) is 17.6 Å². The van der Waals surface area contributed by atoms with E-state index in [9.17, 15) is 27.2 Å². The standard InChI is InChI=1S/C12H8F4O4/c1-2-20-4-6(12(18)19)11(17)5-3-7(13)9(15)10(16)8(5)14/h3-4H,2H2,1H3,(H,18,19)/b6-4+. The number of hydrogen-bond acceptors (Lipinski definition) is 3. The monoisotopic (exact) mass is 292 g/mol. The average molecular weight is 292 g/mol. The third kappa shape index (κ3) is 2.95. The minimum Gasteiger partial charge on any atom is -0.500 e. The Morgan fingerprint density at radius 1 is 1.20 bits per heavy atom. The van der Waals surface area contributed by atoms with E-state index >= 15 is 0 Å². The molecule has 0 bridgehead atoms. The van der Waals surface area contributed by atoms with Crippen molar-refractivity contribution >= 4 is 11.8 Å². The Morgan fingerprint density at radius 2 is 1.80 bits per heavy atom. The van der Waals surface area contributed by atoms with E-state index in [-0.39, 0.29) is 12.7 Å². The summed E-state index contributed by atoms with van der Waals surface area (Å²) in [6.07, 6.45) is 0.517. The fourth-order valence-electron chi connectivity index (χ4n) is 1.25. The third-order valence-electron chi connectivity index (χ3n) is 2.19. The molecule has 0 atom stereocenters. The molecule has 8 heteroatoms. The Balaban J connectivity index is 3.37. The van der Waals surface area contributed by atoms with Crippen LogP contribution >= 0.6 is 0 Å². The van der Waals surface area contributed by atoms with Gasteiger partial charge in [0.05, 0.1) is 12.2 Å². The maximum Gasteiger partial charge on any atom is 0.342 e. The van der Waals surface area contributed by atoms with E-state index in [1.165, 1.54) is 6.92 Å². The van der Waals surface area contributed by atoms with Crippen LogP contribution < -0.4 is 0 Å². The van der Waals surface area contributed by atoms with Crippen LogP contribution in [0.5, 0.6) is 0 Å². The molecule has 108 valence electrons. The van der Waals surface area contributed by atoms with Gasteiger partial charge in [-0.15, -0.1) is 0 Å². The number of carboxylic acids is 1. The smallest absolute Gasteiger partial charge is 0.342 e. The maximum absolute atomic E-state index is 13.4. The number of ether oxygens (including phenoxy) is 1. The van der Waals surface area contributed by atoms with Crippen molar-refractivity contribution in [2.45, 2.75) is 6.92 Å². The summed E-state index contributed by atoms with van der Waals surface area (Å²) in [7, 11) is 0. The fourth-order valence-corrected chi connectivity index (χ4v) is 1.25. The fraction of sp³-hybridized carbons (Fsp3) is 0.167. The van der Waals surface area contributed by atoms with Gasteiger partial charge in [-0.1, -0.05) is 0 Å². The van der Waals surface area contributed by atoms with Crippen LogP contribution in [-0.2, 0) is 9.53 Å². The summed E-state index contributed by atoms with van der Waals surface area (Å²) in [5, 5.41) is 8.76. The molecule has 1 aromatic rings. The molecule has 0 unspecified atom stereocenters. The topological polar surface area (TPSA) is 63.6 Å². The van der Waals surface area contributed by atoms with E-state index in [2.05, 4.69) is 4.74 Å². The molecule has 0 saturated heterocycles. The van der Waals surface area contributed by atoms with Crippen LogP contribution in [0.1, 0.15) is 17.3 Å². The van der Waals surface area contributed by atoms with Crippen molar-refractivity contribution in [3.63, 3.8) is 0 Å². The number of carbonyl (C=O) groups excluding carboxylic acids is 1. The van der Waals surface area contributed by atoms with Gasteiger partial charge >= 0.3 is 5.97 Å². The zero-order chi connectivity index (χ0) is 15.4. The number of aliphatic carboxylic acids is 1. The Kier molecular flexibility index (Phi) is 4.84. The summed E-state index contributed by atoms with van der Waals surface area (Å²) in [5.41, 5.74) is -2.29. The number of ketones is 1. The highest BCUT2D eigenvalue weighted by atomic mass is 19.2. The number of Topliss-reactive ketones (excluding diaryl/α,β-unsaturated/α-hetero) is 1. The van der Waals surface area contributed by atoms with E-state index in [1.807, 2.05) is 0 Å². The van der Waals surface area contributed by atoms with Gasteiger partial charge in [0.25, 0.3) is 0 Å². The molecule has 1 aromatic carbocycles. The molecule has 0 aromatic heterocycles. The molecule has 0 radical (unpaired) electrons. The van der Waals surface area contributed by atoms with Crippen LogP contribution in [0.25, 0.3) is 0 Å². The number of hydrogen-bond donors (Lipinski definition) is 1. The van der Waals surface area contributed by atoms with Crippen LogP contribution in [0.15, 0.2) is 17.9 Å². The van der Waals surface area contributed by atoms with Crippen molar-refractivity contribution in [2.75, 3.05) is 6.61 Å². The first-order valence-corrected chi connectivity index (χ1v) is 5.24. The van der Waals surface area contributed by atoms with Crippen molar-refractivity contribution < 1.29 is 37.0 Å². The number of benzene rings is 1. The summed E-state index contributed by atoms with van der Waals surface area (Å²) in [5.74, 6) is -11.4. The molecule has 0 spiro atoms. The first-order valence-electron chi connectivity index (χ1n) is 5.24. The lowest BCUT2D eigenvalue weighted by Gasteiger charge is -2.06. The highest BCUT2D eigenvalue weighted by Crippen LogP contribution is 2.21. The SMILES string of the molecule is CCO/C=C(/C(=O)O)C(=O)c1cc(F)c(F)c(F)c1F. The van der Waals surface area contributed by atoms with E-state index in [0.717, 1.165) is 0 Å². The van der Waals surface area contributed by atoms with Gasteiger partial charge in [0, 0.05) is 0 Å². The Morgan fingerprint density at radius 3 is 2.30 bits per heavy atom. The van der Waals surface area contributed by atoms with E-state index in [1.54, 1.807) is 0 Å². The second kappa shape index (κ2) is 6.18. The minimum absolute atomic E-state index is 0.0126. The van der Waals surface area contributed by atoms with Crippen LogP contribution in [0.2, 0.25) is 0 Å². The lowest BCUT2D eigenvalue weighted by Crippen LogP contribution is -2.16. The van der Waals surface area contributed by atoms with Crippen LogP contribution in [-0.4, -0.2) is 23.5 Å². The molecular weight excluding hydrogens is 284 g/mol. The molecule has 0 aliphatic heterocycles. The highest BCUT2D eigenvalue weighted by molar-refractivity contribution is 6.23. The number of rotatable bonds is 5. The van der Waals surface area contributed by atoms with E-state index < -0.39 is 46.2 Å². The van der Waals surface area contributed by atoms with Gasteiger partial charge in [-0.05, 0) is 13.0 Å². The molecule has 20 heavy (non-hydrogen) atoms. The molecule has 0 aliphatic carbocycles. The normalized spacial score (nSPS) is 11.3. The summed E-state index contributed by atoms with van der Waals surface area (Å²) in [4.78, 5) is 22.5. The molecule has 1 rings (SSSR count). The summed E-state index contributed by atoms with van der Waals surface area (Å²) < 4.78 is 56.6. The van der Waals surface area contributed by atoms with E-state index in [0.29, 0.717) is 6.26 Å². The maximum atomic E-state index is 13.4. The number of carbonyl (C=O) groups is 2. The first-order chi connectivity index (χ1) is 9.31. The average Bonchev–Trinajstić information content (AvgIpc) is 2.40. The first kappa shape index (κ1) is 15.7. The molecule has 4 nitrogen and oxygen atoms in total. The number of halogens is 4. The molecule has 0 aliphatic rings. The van der Waals surface area contributed by atoms with Gasteiger partial charge in [0.2, 0.25) is 5.78 Å². The zero-order valence-electron chi connectivity index (χ0n) is 10.0. The molecule has 0 amide bonds. The van der Waals surface area contributed by atoms with Gasteiger partial charge in [-0.2, -0.15) is 0 Å². The second-order valence-electron chi connectivity index (χ2n) is 3.47. The van der Waals surface area contributed by atoms with E-state index in [4.69, 9.17) is 5.11 Å². The van der Waals surface area contributed by atoms with Crippen molar-refractivity contribution in [3.8, 4) is 0 Å². The predicted octanol–water partition coefficient (Wildman–Crippen LogP) is 2.43. The minimum atomic E-state index is -2.20. The van der Waals surface area contributed by atoms with Gasteiger partial charge in [0.1, 0.15) is 11.8 Å². The summed E-state index contributed by atoms with van der Waals surface area (Å²) in [6, 6.07) is 0.0821. The Bertz CT molecular complexity index is 596. The third-order valence-corrected chi connectivity index (χ3v) is 2.19. The highest BCUT2D eigenvalue weighted by Gasteiger charge is 2.28. The van der Waals surface area contributed by atoms with Crippen molar-refractivity contribution in [1.82, 2.24) is 0 Å². The van der Waals surface area contributed by atoms with Gasteiger partial charge < -0.3 is 9.84 Å². The summed E-state index contributed by atoms with van der Waals surface area (Å²) in [6.45, 7) is 1.50. The molecule has 0 heterocycles. The van der Waals surface area contributed by atoms with Gasteiger partial charge in [-0.3, -0.25) is 4.79 Å². The molecule has 0 saturated carbocycles. The lowest BCUT2D eigenvalue weighted by molar-refractivity contribution is -0.132.